The average molecular weight is 486 g/mol. The number of piperazine rings is 1. The third-order valence-corrected chi connectivity index (χ3v) is 6.92. The Balaban J connectivity index is 1.39. The number of ether oxygens (including phenoxy) is 2. The minimum Gasteiger partial charge on any atom is -0.493 e. The van der Waals surface area contributed by atoms with Gasteiger partial charge in [0.05, 0.1) is 25.1 Å². The third-order valence-electron chi connectivity index (χ3n) is 5.69. The monoisotopic (exact) mass is 485 g/mol. The van der Waals surface area contributed by atoms with Gasteiger partial charge in [-0.3, -0.25) is 0 Å². The van der Waals surface area contributed by atoms with Crippen LogP contribution in [0.15, 0.2) is 24.7 Å². The zero-order valence-corrected chi connectivity index (χ0v) is 20.2. The second-order valence-electron chi connectivity index (χ2n) is 7.75. The molecule has 0 bridgehead atoms. The summed E-state index contributed by atoms with van der Waals surface area (Å²) >= 11 is 7.13. The largest absolute Gasteiger partial charge is 0.493 e. The van der Waals surface area contributed by atoms with Crippen molar-refractivity contribution >= 4 is 66.6 Å². The molecule has 1 aliphatic rings. The number of aromatic amines is 2. The molecule has 172 valence electrons. The summed E-state index contributed by atoms with van der Waals surface area (Å²) in [6.07, 6.45) is 3.43. The van der Waals surface area contributed by atoms with Crippen molar-refractivity contribution in [2.24, 2.45) is 0 Å². The first-order valence-corrected chi connectivity index (χ1v) is 11.7. The SMILES string of the molecule is COc1cc2[nH]c3ncnc(Nc4c[nH+]c(NC(=S)N5CCN(C)CC5)s4)c3c2cc1OC. The maximum atomic E-state index is 5.60. The van der Waals surface area contributed by atoms with E-state index in [9.17, 15) is 0 Å². The van der Waals surface area contributed by atoms with E-state index in [-0.39, 0.29) is 0 Å². The summed E-state index contributed by atoms with van der Waals surface area (Å²) in [7, 11) is 5.37. The van der Waals surface area contributed by atoms with E-state index in [1.54, 1.807) is 14.2 Å². The molecule has 0 radical (unpaired) electrons. The standard InChI is InChI=1S/C21H24N8O2S2/c1-28-4-6-29(7-5-28)21(32)27-20-22-10-16(33-20)26-19-17-12-8-14(30-2)15(31-3)9-13(12)25-18(17)23-11-24-19/h8-11H,4-7H2,1-3H3,(H,22,27,32)(H2,23,24,25,26)/p+1. The molecule has 0 saturated carbocycles. The van der Waals surface area contributed by atoms with Gasteiger partial charge in [-0.05, 0) is 36.7 Å². The molecule has 3 aromatic heterocycles. The summed E-state index contributed by atoms with van der Waals surface area (Å²) in [5.74, 6) is 2.00. The third kappa shape index (κ3) is 4.24. The fourth-order valence-electron chi connectivity index (χ4n) is 3.87. The molecule has 4 N–H and O–H groups in total. The van der Waals surface area contributed by atoms with E-state index in [0.29, 0.717) is 17.3 Å². The molecule has 0 unspecified atom stereocenters. The molecule has 0 amide bonds. The first kappa shape index (κ1) is 21.6. The van der Waals surface area contributed by atoms with Gasteiger partial charge in [0.2, 0.25) is 0 Å². The molecule has 1 saturated heterocycles. The van der Waals surface area contributed by atoms with E-state index in [1.807, 2.05) is 18.3 Å². The minimum atomic E-state index is 0.647. The number of likely N-dealkylation sites (N-methyl/N-ethyl adjacent to an activating group) is 1. The number of fused-ring (bicyclic) bond motifs is 3. The Labute approximate surface area is 199 Å². The van der Waals surface area contributed by atoms with Gasteiger partial charge in [-0.25, -0.2) is 20.3 Å². The maximum absolute atomic E-state index is 5.60. The molecule has 0 atom stereocenters. The highest BCUT2D eigenvalue weighted by Crippen LogP contribution is 2.38. The molecule has 0 aliphatic carbocycles. The van der Waals surface area contributed by atoms with Crippen LogP contribution in [0.5, 0.6) is 11.5 Å². The molecule has 4 aromatic rings. The summed E-state index contributed by atoms with van der Waals surface area (Å²) in [6.45, 7) is 3.86. The van der Waals surface area contributed by atoms with Crippen molar-refractivity contribution in [3.05, 3.63) is 24.7 Å². The number of nitrogens with one attached hydrogen (secondary N) is 4. The zero-order chi connectivity index (χ0) is 22.9. The quantitative estimate of drug-likeness (QED) is 0.368. The number of nitrogens with zero attached hydrogens (tertiary/aromatic N) is 4. The molecule has 1 aliphatic heterocycles. The van der Waals surface area contributed by atoms with Gasteiger partial charge in [0.25, 0.3) is 5.11 Å². The van der Waals surface area contributed by atoms with Crippen LogP contribution in [-0.2, 0) is 0 Å². The molecule has 4 heterocycles. The first-order valence-electron chi connectivity index (χ1n) is 10.5. The number of benzene rings is 1. The summed E-state index contributed by atoms with van der Waals surface area (Å²) in [5.41, 5.74) is 1.62. The number of methoxy groups -OCH3 is 2. The Morgan fingerprint density at radius 3 is 2.67 bits per heavy atom. The number of thiazole rings is 1. The van der Waals surface area contributed by atoms with Gasteiger partial charge in [0.1, 0.15) is 29.0 Å². The van der Waals surface area contributed by atoms with Crippen LogP contribution in [0.3, 0.4) is 0 Å². The van der Waals surface area contributed by atoms with E-state index in [0.717, 1.165) is 63.4 Å². The van der Waals surface area contributed by atoms with Crippen LogP contribution in [0, 0.1) is 0 Å². The van der Waals surface area contributed by atoms with Crippen LogP contribution in [0.1, 0.15) is 0 Å². The number of aromatic nitrogens is 4. The lowest BCUT2D eigenvalue weighted by atomic mass is 10.2. The predicted octanol–water partition coefficient (Wildman–Crippen LogP) is 2.69. The molecular formula is C21H25N8O2S2+. The highest BCUT2D eigenvalue weighted by atomic mass is 32.1. The highest BCUT2D eigenvalue weighted by Gasteiger charge is 2.21. The molecular weight excluding hydrogens is 460 g/mol. The Bertz CT molecular complexity index is 1310. The van der Waals surface area contributed by atoms with Crippen molar-refractivity contribution in [1.82, 2.24) is 24.8 Å². The average Bonchev–Trinajstić information content (AvgIpc) is 3.42. The number of thiocarbonyl (C=S) groups is 1. The smallest absolute Gasteiger partial charge is 0.340 e. The molecule has 1 fully saturated rings. The minimum absolute atomic E-state index is 0.647. The lowest BCUT2D eigenvalue weighted by Crippen LogP contribution is -2.48. The van der Waals surface area contributed by atoms with Crippen molar-refractivity contribution in [2.75, 3.05) is 58.1 Å². The number of anilines is 3. The first-order chi connectivity index (χ1) is 16.1. The van der Waals surface area contributed by atoms with Gasteiger partial charge in [0.15, 0.2) is 11.5 Å². The second kappa shape index (κ2) is 8.96. The van der Waals surface area contributed by atoms with Crippen molar-refractivity contribution < 1.29 is 14.5 Å². The summed E-state index contributed by atoms with van der Waals surface area (Å²) in [4.78, 5) is 20.0. The molecule has 33 heavy (non-hydrogen) atoms. The lowest BCUT2D eigenvalue weighted by Gasteiger charge is -2.32. The van der Waals surface area contributed by atoms with Crippen LogP contribution < -0.4 is 25.1 Å². The predicted molar refractivity (Wildman–Crippen MR) is 134 cm³/mol. The number of hydrogen-bond donors (Lipinski definition) is 3. The summed E-state index contributed by atoms with van der Waals surface area (Å²) in [6, 6.07) is 3.84. The molecule has 5 rings (SSSR count). The van der Waals surface area contributed by atoms with E-state index in [1.165, 1.54) is 17.7 Å². The topological polar surface area (TPSA) is 105 Å². The molecule has 12 heteroatoms. The summed E-state index contributed by atoms with van der Waals surface area (Å²) in [5, 5.41) is 11.0. The van der Waals surface area contributed by atoms with E-state index in [4.69, 9.17) is 21.7 Å². The van der Waals surface area contributed by atoms with Crippen LogP contribution in [-0.4, -0.2) is 77.3 Å². The fourth-order valence-corrected chi connectivity index (χ4v) is 4.97. The maximum Gasteiger partial charge on any atom is 0.340 e. The van der Waals surface area contributed by atoms with Gasteiger partial charge < -0.3 is 29.6 Å². The lowest BCUT2D eigenvalue weighted by molar-refractivity contribution is -0.353. The number of rotatable bonds is 5. The van der Waals surface area contributed by atoms with E-state index in [2.05, 4.69) is 47.4 Å². The second-order valence-corrected chi connectivity index (χ2v) is 9.19. The Morgan fingerprint density at radius 2 is 1.91 bits per heavy atom. The van der Waals surface area contributed by atoms with Gasteiger partial charge in [0, 0.05) is 37.6 Å². The zero-order valence-electron chi connectivity index (χ0n) is 18.6. The van der Waals surface area contributed by atoms with Crippen LogP contribution in [0.25, 0.3) is 21.9 Å². The van der Waals surface area contributed by atoms with Gasteiger partial charge in [-0.15, -0.1) is 0 Å². The van der Waals surface area contributed by atoms with Crippen molar-refractivity contribution in [1.29, 1.82) is 0 Å². The highest BCUT2D eigenvalue weighted by molar-refractivity contribution is 7.80. The van der Waals surface area contributed by atoms with Crippen molar-refractivity contribution in [3.63, 3.8) is 0 Å². The Morgan fingerprint density at radius 1 is 1.15 bits per heavy atom. The van der Waals surface area contributed by atoms with E-state index >= 15 is 0 Å². The fraction of sp³-hybridized carbons (Fsp3) is 0.333. The van der Waals surface area contributed by atoms with Crippen LogP contribution in [0.2, 0.25) is 0 Å². The number of hydrogen-bond acceptors (Lipinski definition) is 8. The molecule has 10 nitrogen and oxygen atoms in total. The van der Waals surface area contributed by atoms with Crippen LogP contribution >= 0.6 is 23.6 Å². The Hall–Kier alpha value is -3.22. The molecule has 1 aromatic carbocycles. The van der Waals surface area contributed by atoms with Crippen molar-refractivity contribution in [3.8, 4) is 11.5 Å². The summed E-state index contributed by atoms with van der Waals surface area (Å²) < 4.78 is 10.9. The van der Waals surface area contributed by atoms with Gasteiger partial charge >= 0.3 is 5.13 Å². The van der Waals surface area contributed by atoms with Gasteiger partial charge in [-0.1, -0.05) is 0 Å². The van der Waals surface area contributed by atoms with Crippen molar-refractivity contribution in [2.45, 2.75) is 0 Å². The van der Waals surface area contributed by atoms with Crippen LogP contribution in [0.4, 0.5) is 16.0 Å². The Kier molecular flexibility index (Phi) is 5.87. The normalized spacial score (nSPS) is 14.6. The number of H-pyrrole nitrogens is 2. The van der Waals surface area contributed by atoms with Gasteiger partial charge in [-0.2, -0.15) is 0 Å². The molecule has 0 spiro atoms. The van der Waals surface area contributed by atoms with E-state index < -0.39 is 0 Å².